The predicted molar refractivity (Wildman–Crippen MR) is 55.6 cm³/mol. The van der Waals surface area contributed by atoms with E-state index in [1.54, 1.807) is 0 Å². The normalized spacial score (nSPS) is 9.62. The fraction of sp³-hybridized carbons (Fsp3) is 0.273. The van der Waals surface area contributed by atoms with E-state index in [0.717, 1.165) is 0 Å². The number of hydrogen-bond donors (Lipinski definition) is 1. The van der Waals surface area contributed by atoms with Gasteiger partial charge >= 0.3 is 5.97 Å². The molecule has 0 saturated heterocycles. The monoisotopic (exact) mass is 224 g/mol. The molecule has 0 aromatic heterocycles. The van der Waals surface area contributed by atoms with Gasteiger partial charge in [-0.15, -0.1) is 0 Å². The Morgan fingerprint density at radius 2 is 2.06 bits per heavy atom. The summed E-state index contributed by atoms with van der Waals surface area (Å²) in [6, 6.07) is 4.21. The summed E-state index contributed by atoms with van der Waals surface area (Å²) in [5.41, 5.74) is 0.213. The first-order valence-electron chi connectivity index (χ1n) is 4.58. The minimum absolute atomic E-state index is 0.171. The summed E-state index contributed by atoms with van der Waals surface area (Å²) >= 11 is 0. The molecule has 1 rings (SSSR count). The molecule has 0 heterocycles. The molecule has 0 amide bonds. The molecule has 0 unspecified atom stereocenters. The van der Waals surface area contributed by atoms with Crippen LogP contribution >= 0.6 is 0 Å². The minimum Gasteiger partial charge on any atom is -0.507 e. The molecule has 1 N–H and O–H groups in total. The zero-order valence-electron chi connectivity index (χ0n) is 9.02. The van der Waals surface area contributed by atoms with Gasteiger partial charge in [-0.25, -0.2) is 4.79 Å². The molecule has 5 heteroatoms. The first-order chi connectivity index (χ1) is 7.54. The standard InChI is InChI=1S/C11H12O5/c1-7(12)9-4-3-8(5-10(9)13)16-6-11(14)15-2/h3-5,13H,6H2,1-2H3. The van der Waals surface area contributed by atoms with Crippen molar-refractivity contribution >= 4 is 11.8 Å². The van der Waals surface area contributed by atoms with Gasteiger partial charge in [0.2, 0.25) is 0 Å². The summed E-state index contributed by atoms with van der Waals surface area (Å²) in [6.07, 6.45) is 0. The molecule has 0 aliphatic carbocycles. The Balaban J connectivity index is 2.74. The largest absolute Gasteiger partial charge is 0.507 e. The molecule has 1 aromatic carbocycles. The van der Waals surface area contributed by atoms with Crippen LogP contribution in [0.3, 0.4) is 0 Å². The van der Waals surface area contributed by atoms with E-state index in [-0.39, 0.29) is 23.7 Å². The summed E-state index contributed by atoms with van der Waals surface area (Å²) in [5, 5.41) is 9.47. The number of carbonyl (C=O) groups is 2. The fourth-order valence-electron chi connectivity index (χ4n) is 1.10. The van der Waals surface area contributed by atoms with Crippen LogP contribution in [-0.4, -0.2) is 30.6 Å². The van der Waals surface area contributed by atoms with E-state index in [0.29, 0.717) is 5.75 Å². The molecule has 0 radical (unpaired) electrons. The Kier molecular flexibility index (Phi) is 3.88. The number of Topliss-reactive ketones (excluding diaryl/α,β-unsaturated/α-hetero) is 1. The van der Waals surface area contributed by atoms with Crippen molar-refractivity contribution in [3.8, 4) is 11.5 Å². The van der Waals surface area contributed by atoms with Crippen LogP contribution in [0, 0.1) is 0 Å². The quantitative estimate of drug-likeness (QED) is 0.613. The molecular formula is C11H12O5. The van der Waals surface area contributed by atoms with Crippen molar-refractivity contribution in [2.45, 2.75) is 6.92 Å². The van der Waals surface area contributed by atoms with Crippen LogP contribution in [0.5, 0.6) is 11.5 Å². The third-order valence-corrected chi connectivity index (χ3v) is 1.93. The molecule has 0 aliphatic rings. The first kappa shape index (κ1) is 12.0. The molecule has 0 bridgehead atoms. The number of rotatable bonds is 4. The topological polar surface area (TPSA) is 72.8 Å². The number of phenols is 1. The summed E-state index contributed by atoms with van der Waals surface area (Å²) in [7, 11) is 1.25. The highest BCUT2D eigenvalue weighted by Gasteiger charge is 2.08. The summed E-state index contributed by atoms with van der Waals surface area (Å²) in [6.45, 7) is 1.11. The Labute approximate surface area is 92.6 Å². The van der Waals surface area contributed by atoms with Gasteiger partial charge in [0.15, 0.2) is 12.4 Å². The van der Waals surface area contributed by atoms with Crippen molar-refractivity contribution in [3.63, 3.8) is 0 Å². The highest BCUT2D eigenvalue weighted by molar-refractivity contribution is 5.96. The number of methoxy groups -OCH3 is 1. The maximum Gasteiger partial charge on any atom is 0.343 e. The van der Waals surface area contributed by atoms with E-state index < -0.39 is 5.97 Å². The van der Waals surface area contributed by atoms with Crippen molar-refractivity contribution in [1.82, 2.24) is 0 Å². The van der Waals surface area contributed by atoms with Crippen molar-refractivity contribution < 1.29 is 24.2 Å². The number of hydrogen-bond acceptors (Lipinski definition) is 5. The van der Waals surface area contributed by atoms with Gasteiger partial charge in [-0.2, -0.15) is 0 Å². The fourth-order valence-corrected chi connectivity index (χ4v) is 1.10. The van der Waals surface area contributed by atoms with Crippen LogP contribution in [0.1, 0.15) is 17.3 Å². The van der Waals surface area contributed by atoms with Gasteiger partial charge in [-0.3, -0.25) is 4.79 Å². The second-order valence-corrected chi connectivity index (χ2v) is 3.10. The van der Waals surface area contributed by atoms with Crippen LogP contribution in [0.25, 0.3) is 0 Å². The van der Waals surface area contributed by atoms with Crippen LogP contribution in [0.15, 0.2) is 18.2 Å². The summed E-state index contributed by atoms with van der Waals surface area (Å²) in [4.78, 5) is 21.8. The zero-order valence-corrected chi connectivity index (χ0v) is 9.02. The summed E-state index contributed by atoms with van der Waals surface area (Å²) in [5.74, 6) is -0.630. The van der Waals surface area contributed by atoms with Gasteiger partial charge in [-0.05, 0) is 19.1 Å². The minimum atomic E-state index is -0.518. The number of ether oxygens (including phenoxy) is 2. The average molecular weight is 224 g/mol. The second-order valence-electron chi connectivity index (χ2n) is 3.10. The first-order valence-corrected chi connectivity index (χ1v) is 4.58. The lowest BCUT2D eigenvalue weighted by molar-refractivity contribution is -0.142. The summed E-state index contributed by atoms with van der Waals surface area (Å²) < 4.78 is 9.41. The Morgan fingerprint density at radius 1 is 1.38 bits per heavy atom. The van der Waals surface area contributed by atoms with Gasteiger partial charge in [0.1, 0.15) is 11.5 Å². The smallest absolute Gasteiger partial charge is 0.343 e. The molecule has 0 atom stereocenters. The number of benzene rings is 1. The number of phenolic OH excluding ortho intramolecular Hbond substituents is 1. The van der Waals surface area contributed by atoms with Crippen molar-refractivity contribution in [2.24, 2.45) is 0 Å². The molecule has 0 saturated carbocycles. The van der Waals surface area contributed by atoms with Gasteiger partial charge < -0.3 is 14.6 Å². The third kappa shape index (κ3) is 2.98. The molecule has 0 aliphatic heterocycles. The highest BCUT2D eigenvalue weighted by atomic mass is 16.6. The molecule has 16 heavy (non-hydrogen) atoms. The van der Waals surface area contributed by atoms with E-state index in [1.807, 2.05) is 0 Å². The van der Waals surface area contributed by atoms with Gasteiger partial charge in [-0.1, -0.05) is 0 Å². The second kappa shape index (κ2) is 5.16. The number of esters is 1. The van der Waals surface area contributed by atoms with Gasteiger partial charge in [0.25, 0.3) is 0 Å². The van der Waals surface area contributed by atoms with Crippen LogP contribution in [0.2, 0.25) is 0 Å². The molecule has 86 valence electrons. The van der Waals surface area contributed by atoms with E-state index in [4.69, 9.17) is 4.74 Å². The molecule has 0 spiro atoms. The number of ketones is 1. The van der Waals surface area contributed by atoms with Gasteiger partial charge in [0, 0.05) is 6.07 Å². The highest BCUT2D eigenvalue weighted by Crippen LogP contribution is 2.23. The van der Waals surface area contributed by atoms with Crippen molar-refractivity contribution in [1.29, 1.82) is 0 Å². The van der Waals surface area contributed by atoms with E-state index >= 15 is 0 Å². The third-order valence-electron chi connectivity index (χ3n) is 1.93. The number of carbonyl (C=O) groups excluding carboxylic acids is 2. The van der Waals surface area contributed by atoms with Gasteiger partial charge in [0.05, 0.1) is 12.7 Å². The van der Waals surface area contributed by atoms with Crippen LogP contribution < -0.4 is 4.74 Å². The van der Waals surface area contributed by atoms with Crippen molar-refractivity contribution in [2.75, 3.05) is 13.7 Å². The Morgan fingerprint density at radius 3 is 2.56 bits per heavy atom. The lowest BCUT2D eigenvalue weighted by Crippen LogP contribution is -2.12. The average Bonchev–Trinajstić information content (AvgIpc) is 2.25. The maximum absolute atomic E-state index is 11.0. The Hall–Kier alpha value is -2.04. The lowest BCUT2D eigenvalue weighted by atomic mass is 10.1. The molecule has 5 nitrogen and oxygen atoms in total. The molecular weight excluding hydrogens is 212 g/mol. The van der Waals surface area contributed by atoms with E-state index in [9.17, 15) is 14.7 Å². The van der Waals surface area contributed by atoms with Crippen LogP contribution in [0.4, 0.5) is 0 Å². The predicted octanol–water partition coefficient (Wildman–Crippen LogP) is 1.15. The Bertz CT molecular complexity index is 411. The van der Waals surface area contributed by atoms with Crippen molar-refractivity contribution in [3.05, 3.63) is 23.8 Å². The molecule has 1 aromatic rings. The maximum atomic E-state index is 11.0. The van der Waals surface area contributed by atoms with Crippen LogP contribution in [-0.2, 0) is 9.53 Å². The SMILES string of the molecule is COC(=O)COc1ccc(C(C)=O)c(O)c1. The lowest BCUT2D eigenvalue weighted by Gasteiger charge is -2.06. The van der Waals surface area contributed by atoms with E-state index in [1.165, 1.54) is 32.2 Å². The number of aromatic hydroxyl groups is 1. The zero-order chi connectivity index (χ0) is 12.1. The molecule has 0 fully saturated rings. The van der Waals surface area contributed by atoms with E-state index in [2.05, 4.69) is 4.74 Å².